The lowest BCUT2D eigenvalue weighted by Crippen LogP contribution is -2.40. The number of aliphatic imine (C=N–C) groups is 1. The highest BCUT2D eigenvalue weighted by Gasteiger charge is 2.36. The Labute approximate surface area is 189 Å². The third-order valence-electron chi connectivity index (χ3n) is 5.11. The summed E-state index contributed by atoms with van der Waals surface area (Å²) in [4.78, 5) is 19.0. The van der Waals surface area contributed by atoms with Gasteiger partial charge in [-0.2, -0.15) is 5.10 Å². The normalized spacial score (nSPS) is 19.0. The lowest BCUT2D eigenvalue weighted by molar-refractivity contribution is -0.145. The topological polar surface area (TPSA) is 71.8 Å². The minimum absolute atomic E-state index is 0. The van der Waals surface area contributed by atoms with Gasteiger partial charge in [0.25, 0.3) is 0 Å². The molecule has 2 atom stereocenters. The third kappa shape index (κ3) is 5.49. The summed E-state index contributed by atoms with van der Waals surface area (Å²) in [6.45, 7) is 8.82. The second-order valence-corrected chi connectivity index (χ2v) is 7.21. The van der Waals surface area contributed by atoms with E-state index in [2.05, 4.69) is 34.4 Å². The molecule has 2 aromatic rings. The Morgan fingerprint density at radius 1 is 1.31 bits per heavy atom. The van der Waals surface area contributed by atoms with E-state index in [1.54, 1.807) is 0 Å². The molecule has 0 saturated carbocycles. The highest BCUT2D eigenvalue weighted by molar-refractivity contribution is 14.0. The molecule has 3 rings (SSSR count). The molecular formula is C21H30IN5O2. The van der Waals surface area contributed by atoms with Crippen molar-refractivity contribution in [3.05, 3.63) is 47.8 Å². The van der Waals surface area contributed by atoms with Gasteiger partial charge in [-0.15, -0.1) is 24.0 Å². The van der Waals surface area contributed by atoms with Crippen molar-refractivity contribution in [2.45, 2.75) is 27.3 Å². The molecule has 0 radical (unpaired) electrons. The molecule has 1 aliphatic heterocycles. The molecule has 158 valence electrons. The first-order chi connectivity index (χ1) is 13.5. The number of nitrogens with zero attached hydrogens (tertiary/aromatic N) is 4. The second kappa shape index (κ2) is 10.6. The van der Waals surface area contributed by atoms with E-state index in [9.17, 15) is 4.79 Å². The number of rotatable bonds is 5. The number of likely N-dealkylation sites (tertiary alicyclic amines) is 1. The van der Waals surface area contributed by atoms with Crippen molar-refractivity contribution in [2.75, 3.05) is 26.7 Å². The average Bonchev–Trinajstić information content (AvgIpc) is 3.30. The predicted octanol–water partition coefficient (Wildman–Crippen LogP) is 3.01. The first kappa shape index (κ1) is 23.2. The molecule has 1 aromatic heterocycles. The predicted molar refractivity (Wildman–Crippen MR) is 125 cm³/mol. The van der Waals surface area contributed by atoms with E-state index >= 15 is 0 Å². The second-order valence-electron chi connectivity index (χ2n) is 7.21. The smallest absolute Gasteiger partial charge is 0.310 e. The molecule has 2 unspecified atom stereocenters. The van der Waals surface area contributed by atoms with Crippen LogP contribution in [0.3, 0.4) is 0 Å². The number of carbonyl (C=O) groups excluding carboxylic acids is 1. The van der Waals surface area contributed by atoms with E-state index in [0.29, 0.717) is 13.1 Å². The Balaban J connectivity index is 0.00000300. The molecular weight excluding hydrogens is 481 g/mol. The number of benzene rings is 1. The molecule has 8 heteroatoms. The van der Waals surface area contributed by atoms with Crippen LogP contribution in [0.1, 0.15) is 25.1 Å². The Bertz CT molecular complexity index is 851. The van der Waals surface area contributed by atoms with Gasteiger partial charge in [-0.1, -0.05) is 25.1 Å². The van der Waals surface area contributed by atoms with E-state index in [1.165, 1.54) is 7.11 Å². The molecule has 0 bridgehead atoms. The first-order valence-electron chi connectivity index (χ1n) is 9.75. The largest absolute Gasteiger partial charge is 0.469 e. The number of esters is 1. The maximum absolute atomic E-state index is 12.0. The van der Waals surface area contributed by atoms with Crippen LogP contribution in [0, 0.1) is 18.8 Å². The maximum atomic E-state index is 12.0. The fourth-order valence-electron chi connectivity index (χ4n) is 3.60. The molecule has 1 aromatic carbocycles. The first-order valence-corrected chi connectivity index (χ1v) is 9.75. The van der Waals surface area contributed by atoms with Crippen LogP contribution in [0.15, 0.2) is 41.5 Å². The number of hydrogen-bond donors (Lipinski definition) is 1. The maximum Gasteiger partial charge on any atom is 0.310 e. The van der Waals surface area contributed by atoms with E-state index in [-0.39, 0.29) is 41.8 Å². The summed E-state index contributed by atoms with van der Waals surface area (Å²) in [7, 11) is 1.45. The van der Waals surface area contributed by atoms with Crippen molar-refractivity contribution in [1.82, 2.24) is 20.0 Å². The summed E-state index contributed by atoms with van der Waals surface area (Å²) in [5.74, 6) is 0.793. The molecule has 2 heterocycles. The molecule has 7 nitrogen and oxygen atoms in total. The van der Waals surface area contributed by atoms with E-state index < -0.39 is 0 Å². The van der Waals surface area contributed by atoms with Crippen molar-refractivity contribution in [3.63, 3.8) is 0 Å². The third-order valence-corrected chi connectivity index (χ3v) is 5.11. The van der Waals surface area contributed by atoms with Gasteiger partial charge >= 0.3 is 5.97 Å². The molecule has 0 amide bonds. The van der Waals surface area contributed by atoms with Crippen LogP contribution in [0.5, 0.6) is 0 Å². The van der Waals surface area contributed by atoms with Crippen LogP contribution in [0.25, 0.3) is 5.69 Å². The number of para-hydroxylation sites is 1. The van der Waals surface area contributed by atoms with Gasteiger partial charge in [0.2, 0.25) is 0 Å². The quantitative estimate of drug-likeness (QED) is 0.289. The van der Waals surface area contributed by atoms with Crippen LogP contribution < -0.4 is 5.32 Å². The number of halogens is 1. The summed E-state index contributed by atoms with van der Waals surface area (Å²) in [6.07, 6.45) is 1.96. The SMILES string of the molecule is CCNC(=NCc1ccccc1-n1ccc(C)n1)N1CC(C)C(C(=O)OC)C1.I. The van der Waals surface area contributed by atoms with Gasteiger partial charge in [0.15, 0.2) is 5.96 Å². The van der Waals surface area contributed by atoms with Gasteiger partial charge in [-0.05, 0) is 37.5 Å². The van der Waals surface area contributed by atoms with Crippen LogP contribution in [0.4, 0.5) is 0 Å². The molecule has 1 N–H and O–H groups in total. The minimum Gasteiger partial charge on any atom is -0.469 e. The van der Waals surface area contributed by atoms with Gasteiger partial charge in [-0.25, -0.2) is 9.67 Å². The molecule has 0 spiro atoms. The fourth-order valence-corrected chi connectivity index (χ4v) is 3.60. The molecule has 1 fully saturated rings. The van der Waals surface area contributed by atoms with Crippen LogP contribution >= 0.6 is 24.0 Å². The molecule has 29 heavy (non-hydrogen) atoms. The molecule has 1 aliphatic rings. The molecule has 0 aliphatic carbocycles. The average molecular weight is 511 g/mol. The van der Waals surface area contributed by atoms with Crippen LogP contribution in [-0.4, -0.2) is 53.4 Å². The van der Waals surface area contributed by atoms with E-state index in [0.717, 1.165) is 36.0 Å². The van der Waals surface area contributed by atoms with Crippen molar-refractivity contribution in [2.24, 2.45) is 16.8 Å². The minimum atomic E-state index is -0.148. The van der Waals surface area contributed by atoms with E-state index in [1.807, 2.05) is 42.9 Å². The van der Waals surface area contributed by atoms with Crippen molar-refractivity contribution >= 4 is 35.9 Å². The number of aryl methyl sites for hydroxylation is 1. The summed E-state index contributed by atoms with van der Waals surface area (Å²) < 4.78 is 6.84. The Morgan fingerprint density at radius 2 is 2.07 bits per heavy atom. The number of hydrogen-bond acceptors (Lipinski definition) is 4. The van der Waals surface area contributed by atoms with Crippen molar-refractivity contribution in [1.29, 1.82) is 0 Å². The van der Waals surface area contributed by atoms with Gasteiger partial charge in [-0.3, -0.25) is 4.79 Å². The molecule has 1 saturated heterocycles. The Kier molecular flexibility index (Phi) is 8.48. The zero-order valence-corrected chi connectivity index (χ0v) is 19.8. The highest BCUT2D eigenvalue weighted by atomic mass is 127. The monoisotopic (exact) mass is 511 g/mol. The van der Waals surface area contributed by atoms with Gasteiger partial charge in [0, 0.05) is 25.8 Å². The number of methoxy groups -OCH3 is 1. The Hall–Kier alpha value is -2.10. The van der Waals surface area contributed by atoms with Crippen molar-refractivity contribution in [3.8, 4) is 5.69 Å². The van der Waals surface area contributed by atoms with Gasteiger partial charge in [0.1, 0.15) is 0 Å². The highest BCUT2D eigenvalue weighted by Crippen LogP contribution is 2.24. The fraction of sp³-hybridized carbons (Fsp3) is 0.476. The zero-order chi connectivity index (χ0) is 20.1. The Morgan fingerprint density at radius 3 is 2.72 bits per heavy atom. The van der Waals surface area contributed by atoms with Gasteiger partial charge < -0.3 is 15.0 Å². The number of carbonyl (C=O) groups is 1. The number of nitrogens with one attached hydrogen (secondary N) is 1. The lowest BCUT2D eigenvalue weighted by atomic mass is 9.99. The van der Waals surface area contributed by atoms with Crippen LogP contribution in [-0.2, 0) is 16.1 Å². The summed E-state index contributed by atoms with van der Waals surface area (Å²) in [6, 6.07) is 10.1. The summed E-state index contributed by atoms with van der Waals surface area (Å²) >= 11 is 0. The lowest BCUT2D eigenvalue weighted by Gasteiger charge is -2.21. The summed E-state index contributed by atoms with van der Waals surface area (Å²) in [5.41, 5.74) is 3.10. The van der Waals surface area contributed by atoms with Crippen molar-refractivity contribution < 1.29 is 9.53 Å². The van der Waals surface area contributed by atoms with Crippen LogP contribution in [0.2, 0.25) is 0 Å². The standard InChI is InChI=1S/C21H29N5O2.HI/c1-5-22-21(25-13-15(2)18(14-25)20(27)28-4)23-12-17-8-6-7-9-19(17)26-11-10-16(3)24-26;/h6-11,15,18H,5,12-14H2,1-4H3,(H,22,23);1H. The summed E-state index contributed by atoms with van der Waals surface area (Å²) in [5, 5.41) is 7.88. The number of ether oxygens (including phenoxy) is 1. The van der Waals surface area contributed by atoms with E-state index in [4.69, 9.17) is 9.73 Å². The number of guanidine groups is 1. The zero-order valence-electron chi connectivity index (χ0n) is 17.5. The van der Waals surface area contributed by atoms with Gasteiger partial charge in [0.05, 0.1) is 31.0 Å². The number of aromatic nitrogens is 2.